The van der Waals surface area contributed by atoms with Crippen molar-refractivity contribution < 1.29 is 8.42 Å². The fourth-order valence-corrected chi connectivity index (χ4v) is 4.92. The molecule has 0 spiro atoms. The lowest BCUT2D eigenvalue weighted by Crippen LogP contribution is -2.48. The molecule has 6 heteroatoms. The van der Waals surface area contributed by atoms with Crippen molar-refractivity contribution in [1.29, 1.82) is 0 Å². The van der Waals surface area contributed by atoms with Crippen LogP contribution in [-0.4, -0.2) is 54.8 Å². The molecule has 0 radical (unpaired) electrons. The molecule has 0 saturated carbocycles. The Kier molecular flexibility index (Phi) is 4.80. The van der Waals surface area contributed by atoms with Gasteiger partial charge in [-0.3, -0.25) is 4.98 Å². The van der Waals surface area contributed by atoms with Crippen LogP contribution in [0, 0.1) is 5.92 Å². The highest BCUT2D eigenvalue weighted by atomic mass is 32.2. The summed E-state index contributed by atoms with van der Waals surface area (Å²) < 4.78 is 26.8. The molecule has 0 atom stereocenters. The van der Waals surface area contributed by atoms with Gasteiger partial charge in [0.25, 0.3) is 0 Å². The van der Waals surface area contributed by atoms with Gasteiger partial charge in [0.2, 0.25) is 10.0 Å². The van der Waals surface area contributed by atoms with Crippen LogP contribution in [0.4, 0.5) is 0 Å². The molecule has 1 aromatic rings. The van der Waals surface area contributed by atoms with E-state index in [4.69, 9.17) is 0 Å². The molecule has 0 aliphatic carbocycles. The zero-order valence-corrected chi connectivity index (χ0v) is 14.0. The van der Waals surface area contributed by atoms with Gasteiger partial charge in [0.1, 0.15) is 4.90 Å². The summed E-state index contributed by atoms with van der Waals surface area (Å²) in [5, 5.41) is 0. The molecule has 0 N–H and O–H groups in total. The summed E-state index contributed by atoms with van der Waals surface area (Å²) >= 11 is 0. The number of rotatable bonds is 3. The lowest BCUT2D eigenvalue weighted by atomic mass is 9.95. The van der Waals surface area contributed by atoms with Gasteiger partial charge in [0.15, 0.2) is 0 Å². The molecule has 0 aromatic carbocycles. The third kappa shape index (κ3) is 3.34. The Morgan fingerprint density at radius 1 is 1.09 bits per heavy atom. The van der Waals surface area contributed by atoms with Crippen LogP contribution in [0.5, 0.6) is 0 Å². The predicted octanol–water partition coefficient (Wildman–Crippen LogP) is 1.97. The molecule has 122 valence electrons. The van der Waals surface area contributed by atoms with Crippen LogP contribution in [-0.2, 0) is 10.0 Å². The summed E-state index contributed by atoms with van der Waals surface area (Å²) in [7, 11) is -3.37. The average Bonchev–Trinajstić information content (AvgIpc) is 2.56. The van der Waals surface area contributed by atoms with Crippen molar-refractivity contribution in [2.24, 2.45) is 5.92 Å². The van der Waals surface area contributed by atoms with Gasteiger partial charge in [-0.2, -0.15) is 4.31 Å². The van der Waals surface area contributed by atoms with Gasteiger partial charge in [0.05, 0.1) is 0 Å². The number of hydrogen-bond acceptors (Lipinski definition) is 4. The molecule has 2 aliphatic rings. The normalized spacial score (nSPS) is 23.7. The van der Waals surface area contributed by atoms with Crippen LogP contribution in [0.1, 0.15) is 32.6 Å². The second-order valence-corrected chi connectivity index (χ2v) is 8.48. The van der Waals surface area contributed by atoms with E-state index < -0.39 is 10.0 Å². The molecule has 2 aliphatic heterocycles. The molecule has 0 bridgehead atoms. The highest BCUT2D eigenvalue weighted by Gasteiger charge is 2.32. The maximum atomic E-state index is 12.6. The van der Waals surface area contributed by atoms with Crippen molar-refractivity contribution in [1.82, 2.24) is 14.2 Å². The van der Waals surface area contributed by atoms with Gasteiger partial charge >= 0.3 is 0 Å². The second-order valence-electron chi connectivity index (χ2n) is 6.54. The average molecular weight is 323 g/mol. The number of sulfonamides is 1. The van der Waals surface area contributed by atoms with E-state index in [1.54, 1.807) is 22.6 Å². The van der Waals surface area contributed by atoms with E-state index in [2.05, 4.69) is 16.8 Å². The smallest absolute Gasteiger partial charge is 0.244 e. The number of aromatic nitrogens is 1. The molecule has 1 aromatic heterocycles. The molecule has 2 fully saturated rings. The second kappa shape index (κ2) is 6.64. The molecular weight excluding hydrogens is 298 g/mol. The predicted molar refractivity (Wildman–Crippen MR) is 86.0 cm³/mol. The summed E-state index contributed by atoms with van der Waals surface area (Å²) in [6.45, 7) is 5.89. The molecule has 3 heterocycles. The Morgan fingerprint density at radius 2 is 1.77 bits per heavy atom. The Bertz CT molecular complexity index is 575. The van der Waals surface area contributed by atoms with Crippen LogP contribution in [0.15, 0.2) is 29.4 Å². The summed E-state index contributed by atoms with van der Waals surface area (Å²) in [5.74, 6) is 0.835. The van der Waals surface area contributed by atoms with Gasteiger partial charge in [-0.1, -0.05) is 6.92 Å². The van der Waals surface area contributed by atoms with Crippen LogP contribution < -0.4 is 0 Å². The van der Waals surface area contributed by atoms with Crippen molar-refractivity contribution in [2.75, 3.05) is 26.2 Å². The molecule has 5 nitrogen and oxygen atoms in total. The highest BCUT2D eigenvalue weighted by Crippen LogP contribution is 2.26. The first kappa shape index (κ1) is 15.9. The van der Waals surface area contributed by atoms with Crippen LogP contribution >= 0.6 is 0 Å². The first-order valence-electron chi connectivity index (χ1n) is 8.21. The largest absolute Gasteiger partial charge is 0.300 e. The number of hydrogen-bond donors (Lipinski definition) is 0. The topological polar surface area (TPSA) is 53.5 Å². The van der Waals surface area contributed by atoms with E-state index in [9.17, 15) is 8.42 Å². The molecule has 22 heavy (non-hydrogen) atoms. The van der Waals surface area contributed by atoms with Crippen LogP contribution in [0.3, 0.4) is 0 Å². The fourth-order valence-electron chi connectivity index (χ4n) is 3.49. The van der Waals surface area contributed by atoms with E-state index in [1.807, 2.05) is 0 Å². The Balaban J connectivity index is 1.60. The van der Waals surface area contributed by atoms with E-state index >= 15 is 0 Å². The van der Waals surface area contributed by atoms with Crippen molar-refractivity contribution in [2.45, 2.75) is 43.5 Å². The zero-order chi connectivity index (χ0) is 15.6. The zero-order valence-electron chi connectivity index (χ0n) is 13.2. The third-order valence-electron chi connectivity index (χ3n) is 5.03. The molecular formula is C16H25N3O2S. The number of pyridine rings is 1. The van der Waals surface area contributed by atoms with E-state index in [0.717, 1.165) is 18.8 Å². The summed E-state index contributed by atoms with van der Waals surface area (Å²) in [6, 6.07) is 3.85. The van der Waals surface area contributed by atoms with Crippen LogP contribution in [0.25, 0.3) is 0 Å². The minimum atomic E-state index is -3.37. The maximum Gasteiger partial charge on any atom is 0.244 e. The van der Waals surface area contributed by atoms with Crippen molar-refractivity contribution in [3.05, 3.63) is 24.5 Å². The summed E-state index contributed by atoms with van der Waals surface area (Å²) in [4.78, 5) is 6.80. The lowest BCUT2D eigenvalue weighted by molar-refractivity contribution is 0.101. The molecule has 0 amide bonds. The van der Waals surface area contributed by atoms with Crippen molar-refractivity contribution in [3.8, 4) is 0 Å². The Hall–Kier alpha value is -0.980. The Labute approximate surface area is 133 Å². The van der Waals surface area contributed by atoms with Gasteiger partial charge in [-0.05, 0) is 56.8 Å². The van der Waals surface area contributed by atoms with Gasteiger partial charge in [0, 0.05) is 31.5 Å². The van der Waals surface area contributed by atoms with E-state index in [0.29, 0.717) is 24.0 Å². The first-order valence-corrected chi connectivity index (χ1v) is 9.65. The van der Waals surface area contributed by atoms with Crippen molar-refractivity contribution >= 4 is 10.0 Å². The lowest BCUT2D eigenvalue weighted by Gasteiger charge is -2.40. The number of nitrogens with zero attached hydrogens (tertiary/aromatic N) is 3. The summed E-state index contributed by atoms with van der Waals surface area (Å²) in [6.07, 6.45) is 7.46. The molecule has 0 unspecified atom stereocenters. The quantitative estimate of drug-likeness (QED) is 0.853. The Morgan fingerprint density at radius 3 is 2.36 bits per heavy atom. The molecule has 2 saturated heterocycles. The van der Waals surface area contributed by atoms with Crippen LogP contribution in [0.2, 0.25) is 0 Å². The van der Waals surface area contributed by atoms with Gasteiger partial charge in [-0.15, -0.1) is 0 Å². The number of likely N-dealkylation sites (tertiary alicyclic amines) is 1. The summed E-state index contributed by atoms with van der Waals surface area (Å²) in [5.41, 5.74) is 0. The SMILES string of the molecule is CC1CCN(C2CCN(S(=O)(=O)c3cccnc3)CC2)CC1. The maximum absolute atomic E-state index is 12.6. The standard InChI is InChI=1S/C16H25N3O2S/c1-14-4-9-18(10-5-14)15-6-11-19(12-7-15)22(20,21)16-3-2-8-17-13-16/h2-3,8,13-15H,4-7,9-12H2,1H3. The first-order chi connectivity index (χ1) is 10.6. The van der Waals surface area contributed by atoms with E-state index in [-0.39, 0.29) is 0 Å². The molecule has 3 rings (SSSR count). The van der Waals surface area contributed by atoms with Crippen molar-refractivity contribution in [3.63, 3.8) is 0 Å². The third-order valence-corrected chi connectivity index (χ3v) is 6.91. The van der Waals surface area contributed by atoms with E-state index in [1.165, 1.54) is 32.1 Å². The minimum Gasteiger partial charge on any atom is -0.300 e. The number of piperidine rings is 2. The van der Waals surface area contributed by atoms with Gasteiger partial charge in [-0.25, -0.2) is 8.42 Å². The van der Waals surface area contributed by atoms with Gasteiger partial charge < -0.3 is 4.90 Å². The fraction of sp³-hybridized carbons (Fsp3) is 0.688. The monoisotopic (exact) mass is 323 g/mol. The highest BCUT2D eigenvalue weighted by molar-refractivity contribution is 7.89. The minimum absolute atomic E-state index is 0.306.